The zero-order valence-electron chi connectivity index (χ0n) is 17.8. The average molecular weight is 406 g/mol. The van der Waals surface area contributed by atoms with Crippen molar-refractivity contribution >= 4 is 29.1 Å². The van der Waals surface area contributed by atoms with Crippen molar-refractivity contribution < 1.29 is 9.72 Å². The summed E-state index contributed by atoms with van der Waals surface area (Å²) in [4.78, 5) is 24.8. The quantitative estimate of drug-likeness (QED) is 0.440. The van der Waals surface area contributed by atoms with Crippen LogP contribution in [-0.4, -0.2) is 28.6 Å². The van der Waals surface area contributed by atoms with Gasteiger partial charge in [0.1, 0.15) is 0 Å². The van der Waals surface area contributed by atoms with E-state index in [0.717, 1.165) is 11.1 Å². The van der Waals surface area contributed by atoms with Crippen molar-refractivity contribution in [3.05, 3.63) is 75.3 Å². The summed E-state index contributed by atoms with van der Waals surface area (Å²) in [6, 6.07) is 11.9. The molecule has 0 radical (unpaired) electrons. The molecule has 0 spiro atoms. The average Bonchev–Trinajstić information content (AvgIpc) is 2.67. The van der Waals surface area contributed by atoms with Crippen molar-refractivity contribution in [1.82, 2.24) is 5.43 Å². The van der Waals surface area contributed by atoms with Gasteiger partial charge in [-0.15, -0.1) is 0 Å². The number of rotatable bonds is 5. The molecule has 30 heavy (non-hydrogen) atoms. The molecule has 0 saturated carbocycles. The van der Waals surface area contributed by atoms with Gasteiger partial charge in [-0.2, -0.15) is 5.10 Å². The zero-order chi connectivity index (χ0) is 22.1. The number of nitrogens with one attached hydrogen (secondary N) is 1. The molecule has 1 heterocycles. The van der Waals surface area contributed by atoms with E-state index in [1.807, 2.05) is 6.07 Å². The fraction of sp³-hybridized carbons (Fsp3) is 0.304. The van der Waals surface area contributed by atoms with E-state index in [1.165, 1.54) is 35.5 Å². The lowest BCUT2D eigenvalue weighted by atomic mass is 9.87. The van der Waals surface area contributed by atoms with Crippen LogP contribution in [-0.2, 0) is 0 Å². The summed E-state index contributed by atoms with van der Waals surface area (Å²) in [6.45, 7) is 10.9. The van der Waals surface area contributed by atoms with Gasteiger partial charge >= 0.3 is 0 Å². The molecule has 3 rings (SSSR count). The van der Waals surface area contributed by atoms with E-state index >= 15 is 0 Å². The number of carbonyl (C=O) groups is 1. The van der Waals surface area contributed by atoms with Crippen LogP contribution in [0.5, 0.6) is 0 Å². The summed E-state index contributed by atoms with van der Waals surface area (Å²) in [6.07, 6.45) is 3.86. The first-order valence-corrected chi connectivity index (χ1v) is 9.81. The number of amides is 1. The molecule has 0 aromatic heterocycles. The van der Waals surface area contributed by atoms with Gasteiger partial charge in [-0.25, -0.2) is 5.43 Å². The highest BCUT2D eigenvalue weighted by Gasteiger charge is 2.32. The van der Waals surface area contributed by atoms with Gasteiger partial charge < -0.3 is 4.90 Å². The third-order valence-corrected chi connectivity index (χ3v) is 5.13. The molecule has 1 amide bonds. The summed E-state index contributed by atoms with van der Waals surface area (Å²) in [5.41, 5.74) is 7.04. The minimum absolute atomic E-state index is 0.0637. The predicted molar refractivity (Wildman–Crippen MR) is 120 cm³/mol. The highest BCUT2D eigenvalue weighted by atomic mass is 16.6. The third-order valence-electron chi connectivity index (χ3n) is 5.13. The lowest BCUT2D eigenvalue weighted by Gasteiger charge is -2.46. The molecule has 0 bridgehead atoms. The summed E-state index contributed by atoms with van der Waals surface area (Å²) in [5, 5.41) is 14.7. The van der Waals surface area contributed by atoms with Gasteiger partial charge in [-0.3, -0.25) is 14.9 Å². The Kier molecular flexibility index (Phi) is 5.73. The molecule has 0 aliphatic carbocycles. The van der Waals surface area contributed by atoms with Crippen molar-refractivity contribution in [2.45, 2.75) is 46.2 Å². The minimum Gasteiger partial charge on any atom is -0.360 e. The maximum atomic E-state index is 12.2. The molecule has 2 aromatic rings. The molecule has 7 nitrogen and oxygen atoms in total. The van der Waals surface area contributed by atoms with Crippen molar-refractivity contribution in [3.63, 3.8) is 0 Å². The summed E-state index contributed by atoms with van der Waals surface area (Å²) in [5.74, 6) is -0.428. The number of hydrazone groups is 1. The number of nitrogens with zero attached hydrogens (tertiary/aromatic N) is 3. The summed E-state index contributed by atoms with van der Waals surface area (Å²) >= 11 is 0. The van der Waals surface area contributed by atoms with Crippen molar-refractivity contribution in [2.75, 3.05) is 4.90 Å². The van der Waals surface area contributed by atoms with Crippen LogP contribution in [0.15, 0.2) is 53.6 Å². The van der Waals surface area contributed by atoms with E-state index in [-0.39, 0.29) is 11.2 Å². The van der Waals surface area contributed by atoms with Crippen LogP contribution < -0.4 is 10.3 Å². The fourth-order valence-electron chi connectivity index (χ4n) is 4.06. The van der Waals surface area contributed by atoms with E-state index in [4.69, 9.17) is 0 Å². The van der Waals surface area contributed by atoms with Crippen molar-refractivity contribution in [3.8, 4) is 0 Å². The number of carbonyl (C=O) groups excluding carboxylic acids is 1. The van der Waals surface area contributed by atoms with E-state index in [2.05, 4.69) is 68.3 Å². The number of non-ortho nitro benzene ring substituents is 1. The molecular formula is C23H26N4O3. The SMILES string of the molecule is CC1=CC(C)(C)N(C(C)C)c2ccc(/C=N\NC(=O)c3ccc([N+](=O)[O-])cc3)cc21. The Morgan fingerprint density at radius 1 is 1.20 bits per heavy atom. The molecule has 7 heteroatoms. The number of benzene rings is 2. The Bertz CT molecular complexity index is 1040. The summed E-state index contributed by atoms with van der Waals surface area (Å²) < 4.78 is 0. The third kappa shape index (κ3) is 4.25. The molecular weight excluding hydrogens is 380 g/mol. The highest BCUT2D eigenvalue weighted by Crippen LogP contribution is 2.40. The Morgan fingerprint density at radius 3 is 2.47 bits per heavy atom. The van der Waals surface area contributed by atoms with Crippen molar-refractivity contribution in [1.29, 1.82) is 0 Å². The van der Waals surface area contributed by atoms with Crippen LogP contribution in [0.3, 0.4) is 0 Å². The highest BCUT2D eigenvalue weighted by molar-refractivity contribution is 5.95. The topological polar surface area (TPSA) is 87.8 Å². The minimum atomic E-state index is -0.506. The summed E-state index contributed by atoms with van der Waals surface area (Å²) in [7, 11) is 0. The Balaban J connectivity index is 1.77. The molecule has 156 valence electrons. The second-order valence-corrected chi connectivity index (χ2v) is 8.22. The van der Waals surface area contributed by atoms with E-state index in [1.54, 1.807) is 6.21 Å². The van der Waals surface area contributed by atoms with Gasteiger partial charge in [0.05, 0.1) is 16.7 Å². The normalized spacial score (nSPS) is 15.1. The first-order chi connectivity index (χ1) is 14.1. The Hall–Kier alpha value is -3.48. The predicted octanol–water partition coefficient (Wildman–Crippen LogP) is 4.77. The second kappa shape index (κ2) is 8.10. The van der Waals surface area contributed by atoms with Gasteiger partial charge in [0.15, 0.2) is 0 Å². The van der Waals surface area contributed by atoms with Crippen LogP contribution in [0.4, 0.5) is 11.4 Å². The molecule has 0 unspecified atom stereocenters. The van der Waals surface area contributed by atoms with Gasteiger partial charge in [0.2, 0.25) is 0 Å². The molecule has 0 fully saturated rings. The van der Waals surface area contributed by atoms with Gasteiger partial charge in [0, 0.05) is 35.0 Å². The first-order valence-electron chi connectivity index (χ1n) is 9.81. The fourth-order valence-corrected chi connectivity index (χ4v) is 4.06. The van der Waals surface area contributed by atoms with Gasteiger partial charge in [-0.05, 0) is 70.0 Å². The van der Waals surface area contributed by atoms with Crippen LogP contribution >= 0.6 is 0 Å². The van der Waals surface area contributed by atoms with Crippen LogP contribution in [0, 0.1) is 10.1 Å². The second-order valence-electron chi connectivity index (χ2n) is 8.22. The molecule has 0 atom stereocenters. The maximum absolute atomic E-state index is 12.2. The zero-order valence-corrected chi connectivity index (χ0v) is 17.8. The van der Waals surface area contributed by atoms with E-state index in [0.29, 0.717) is 11.6 Å². The largest absolute Gasteiger partial charge is 0.360 e. The lowest BCUT2D eigenvalue weighted by Crippen LogP contribution is -2.49. The van der Waals surface area contributed by atoms with Gasteiger partial charge in [0.25, 0.3) is 11.6 Å². The van der Waals surface area contributed by atoms with Crippen LogP contribution in [0.2, 0.25) is 0 Å². The number of anilines is 1. The number of fused-ring (bicyclic) bond motifs is 1. The molecule has 2 aromatic carbocycles. The Labute approximate surface area is 176 Å². The van der Waals surface area contributed by atoms with E-state index < -0.39 is 10.8 Å². The monoisotopic (exact) mass is 406 g/mol. The number of allylic oxidation sites excluding steroid dienone is 1. The lowest BCUT2D eigenvalue weighted by molar-refractivity contribution is -0.384. The maximum Gasteiger partial charge on any atom is 0.271 e. The molecule has 1 aliphatic heterocycles. The Morgan fingerprint density at radius 2 is 1.87 bits per heavy atom. The van der Waals surface area contributed by atoms with Crippen molar-refractivity contribution in [2.24, 2.45) is 5.10 Å². The number of hydrogen-bond acceptors (Lipinski definition) is 5. The van der Waals surface area contributed by atoms with Crippen LogP contribution in [0.1, 0.15) is 56.1 Å². The standard InChI is InChI=1S/C23H26N4O3/c1-15(2)26-21-11-6-17(12-20(21)16(3)13-23(26,4)5)14-24-25-22(28)18-7-9-19(10-8-18)27(29)30/h6-15H,1-5H3,(H,25,28)/b24-14-. The number of nitro groups is 1. The number of hydrogen-bond donors (Lipinski definition) is 1. The molecule has 1 N–H and O–H groups in total. The molecule has 1 aliphatic rings. The first kappa shape index (κ1) is 21.2. The molecule has 0 saturated heterocycles. The van der Waals surface area contributed by atoms with Gasteiger partial charge in [-0.1, -0.05) is 12.1 Å². The van der Waals surface area contributed by atoms with Crippen LogP contribution in [0.25, 0.3) is 5.57 Å². The van der Waals surface area contributed by atoms with E-state index in [9.17, 15) is 14.9 Å². The smallest absolute Gasteiger partial charge is 0.271 e. The number of nitro benzene ring substituents is 1.